The van der Waals surface area contributed by atoms with Crippen LogP contribution in [0.15, 0.2) is 53.6 Å². The molecule has 0 saturated heterocycles. The SMILES string of the molecule is Cc1nc(CS(=O)(=O)c2ccccc2C#N)ccc1-c1cc(C)c2nc(NC3CCC(N(C)C)CC3)ncc2n1. The Morgan fingerprint density at radius 3 is 2.48 bits per heavy atom. The highest BCUT2D eigenvalue weighted by atomic mass is 32.2. The summed E-state index contributed by atoms with van der Waals surface area (Å²) in [5, 5.41) is 12.8. The second-order valence-electron chi connectivity index (χ2n) is 10.7. The van der Waals surface area contributed by atoms with Crippen molar-refractivity contribution in [1.82, 2.24) is 24.8 Å². The summed E-state index contributed by atoms with van der Waals surface area (Å²) < 4.78 is 26.0. The molecule has 0 radical (unpaired) electrons. The lowest BCUT2D eigenvalue weighted by atomic mass is 9.91. The molecule has 1 aliphatic carbocycles. The van der Waals surface area contributed by atoms with Crippen LogP contribution in [-0.4, -0.2) is 59.4 Å². The standard InChI is InChI=1S/C30H33N7O2S/c1-19-15-26(35-27-17-32-30(36-29(19)27)34-22-9-12-24(13-10-22)37(3)4)25-14-11-23(33-20(25)2)18-40(38,39)28-8-6-5-7-21(28)16-31/h5-8,11,14-15,17,22,24H,9-10,12-13,18H2,1-4H3,(H,32,34,36). The lowest BCUT2D eigenvalue weighted by Crippen LogP contribution is -2.36. The summed E-state index contributed by atoms with van der Waals surface area (Å²) in [6.45, 7) is 3.84. The number of nitrogens with zero attached hydrogens (tertiary/aromatic N) is 6. The number of nitrogens with one attached hydrogen (secondary N) is 1. The second-order valence-corrected chi connectivity index (χ2v) is 12.6. The van der Waals surface area contributed by atoms with Gasteiger partial charge in [0.1, 0.15) is 11.6 Å². The first-order valence-electron chi connectivity index (χ1n) is 13.4. The molecule has 0 unspecified atom stereocenters. The van der Waals surface area contributed by atoms with Gasteiger partial charge in [-0.3, -0.25) is 4.98 Å². The molecule has 1 fully saturated rings. The van der Waals surface area contributed by atoms with E-state index in [2.05, 4.69) is 34.3 Å². The average molecular weight is 556 g/mol. The van der Waals surface area contributed by atoms with E-state index in [4.69, 9.17) is 9.97 Å². The summed E-state index contributed by atoms with van der Waals surface area (Å²) in [6, 6.07) is 14.7. The Hall–Kier alpha value is -3.94. The lowest BCUT2D eigenvalue weighted by Gasteiger charge is -2.32. The number of aryl methyl sites for hydroxylation is 2. The molecule has 9 nitrogen and oxygen atoms in total. The topological polar surface area (TPSA) is 125 Å². The monoisotopic (exact) mass is 555 g/mol. The number of pyridine rings is 2. The first kappa shape index (κ1) is 27.6. The summed E-state index contributed by atoms with van der Waals surface area (Å²) in [4.78, 5) is 21.0. The maximum absolute atomic E-state index is 13.0. The molecule has 3 heterocycles. The average Bonchev–Trinajstić information content (AvgIpc) is 2.93. The zero-order valence-corrected chi connectivity index (χ0v) is 24.0. The Labute approximate surface area is 235 Å². The first-order valence-corrected chi connectivity index (χ1v) is 15.1. The minimum atomic E-state index is -3.73. The van der Waals surface area contributed by atoms with E-state index in [0.717, 1.165) is 48.0 Å². The van der Waals surface area contributed by atoms with Gasteiger partial charge in [-0.1, -0.05) is 12.1 Å². The van der Waals surface area contributed by atoms with Crippen molar-refractivity contribution in [3.05, 3.63) is 71.2 Å². The molecule has 0 atom stereocenters. The van der Waals surface area contributed by atoms with Gasteiger partial charge in [0, 0.05) is 23.3 Å². The molecule has 1 aromatic carbocycles. The van der Waals surface area contributed by atoms with Crippen LogP contribution in [0, 0.1) is 25.2 Å². The molecule has 0 aliphatic heterocycles. The van der Waals surface area contributed by atoms with Gasteiger partial charge in [-0.15, -0.1) is 0 Å². The van der Waals surface area contributed by atoms with Crippen LogP contribution < -0.4 is 5.32 Å². The van der Waals surface area contributed by atoms with Crippen LogP contribution in [-0.2, 0) is 15.6 Å². The van der Waals surface area contributed by atoms with Gasteiger partial charge in [0.2, 0.25) is 5.95 Å². The van der Waals surface area contributed by atoms with Crippen molar-refractivity contribution in [2.24, 2.45) is 0 Å². The summed E-state index contributed by atoms with van der Waals surface area (Å²) in [5.41, 5.74) is 5.20. The normalized spacial score (nSPS) is 17.6. The molecule has 40 heavy (non-hydrogen) atoms. The van der Waals surface area contributed by atoms with E-state index < -0.39 is 9.84 Å². The Morgan fingerprint density at radius 1 is 1.02 bits per heavy atom. The minimum absolute atomic E-state index is 0.0166. The Kier molecular flexibility index (Phi) is 7.79. The predicted octanol–water partition coefficient (Wildman–Crippen LogP) is 4.83. The van der Waals surface area contributed by atoms with Crippen molar-refractivity contribution >= 4 is 26.8 Å². The number of sulfone groups is 1. The molecule has 10 heteroatoms. The van der Waals surface area contributed by atoms with Crippen molar-refractivity contribution in [3.63, 3.8) is 0 Å². The number of aromatic nitrogens is 4. The molecule has 0 bridgehead atoms. The van der Waals surface area contributed by atoms with Gasteiger partial charge < -0.3 is 10.2 Å². The van der Waals surface area contributed by atoms with E-state index in [1.54, 1.807) is 24.4 Å². The molecule has 1 N–H and O–H groups in total. The van der Waals surface area contributed by atoms with Gasteiger partial charge >= 0.3 is 0 Å². The van der Waals surface area contributed by atoms with E-state index in [1.807, 2.05) is 32.0 Å². The van der Waals surface area contributed by atoms with Gasteiger partial charge in [0.15, 0.2) is 9.84 Å². The van der Waals surface area contributed by atoms with Crippen LogP contribution in [0.25, 0.3) is 22.3 Å². The van der Waals surface area contributed by atoms with Crippen LogP contribution in [0.1, 0.15) is 48.2 Å². The van der Waals surface area contributed by atoms with Gasteiger partial charge in [0.25, 0.3) is 0 Å². The summed E-state index contributed by atoms with van der Waals surface area (Å²) >= 11 is 0. The highest BCUT2D eigenvalue weighted by Crippen LogP contribution is 2.28. The maximum Gasteiger partial charge on any atom is 0.223 e. The Morgan fingerprint density at radius 2 is 1.77 bits per heavy atom. The van der Waals surface area contributed by atoms with Gasteiger partial charge in [-0.05, 0) is 89.5 Å². The quantitative estimate of drug-likeness (QED) is 0.341. The van der Waals surface area contributed by atoms with Gasteiger partial charge in [-0.25, -0.2) is 23.4 Å². The minimum Gasteiger partial charge on any atom is -0.351 e. The molecule has 1 aliphatic rings. The van der Waals surface area contributed by atoms with Crippen molar-refractivity contribution in [2.75, 3.05) is 19.4 Å². The first-order chi connectivity index (χ1) is 19.1. The number of hydrogen-bond donors (Lipinski definition) is 1. The van der Waals surface area contributed by atoms with Crippen LogP contribution in [0.3, 0.4) is 0 Å². The molecular formula is C30H33N7O2S. The van der Waals surface area contributed by atoms with Crippen LogP contribution in [0.5, 0.6) is 0 Å². The fourth-order valence-electron chi connectivity index (χ4n) is 5.38. The molecule has 4 aromatic rings. The van der Waals surface area contributed by atoms with Crippen molar-refractivity contribution in [1.29, 1.82) is 5.26 Å². The van der Waals surface area contributed by atoms with Crippen LogP contribution >= 0.6 is 0 Å². The van der Waals surface area contributed by atoms with Crippen molar-refractivity contribution < 1.29 is 8.42 Å². The van der Waals surface area contributed by atoms with Crippen LogP contribution in [0.2, 0.25) is 0 Å². The third-order valence-electron chi connectivity index (χ3n) is 7.60. The number of hydrogen-bond acceptors (Lipinski definition) is 9. The molecular weight excluding hydrogens is 522 g/mol. The number of anilines is 1. The Bertz CT molecular complexity index is 1710. The third-order valence-corrected chi connectivity index (χ3v) is 9.30. The van der Waals surface area contributed by atoms with Gasteiger partial charge in [0.05, 0.1) is 39.3 Å². The van der Waals surface area contributed by atoms with Crippen LogP contribution in [0.4, 0.5) is 5.95 Å². The van der Waals surface area contributed by atoms with E-state index in [0.29, 0.717) is 34.9 Å². The molecule has 5 rings (SSSR count). The van der Waals surface area contributed by atoms with E-state index in [-0.39, 0.29) is 16.2 Å². The molecule has 206 valence electrons. The molecule has 0 amide bonds. The zero-order valence-electron chi connectivity index (χ0n) is 23.2. The number of rotatable bonds is 7. The number of fused-ring (bicyclic) bond motifs is 1. The predicted molar refractivity (Wildman–Crippen MR) is 155 cm³/mol. The van der Waals surface area contributed by atoms with Gasteiger partial charge in [-0.2, -0.15) is 5.26 Å². The number of nitriles is 1. The Balaban J connectivity index is 1.35. The highest BCUT2D eigenvalue weighted by Gasteiger charge is 2.23. The zero-order chi connectivity index (χ0) is 28.4. The highest BCUT2D eigenvalue weighted by molar-refractivity contribution is 7.90. The smallest absolute Gasteiger partial charge is 0.223 e. The number of benzene rings is 1. The molecule has 0 spiro atoms. The van der Waals surface area contributed by atoms with Crippen molar-refractivity contribution in [2.45, 2.75) is 62.3 Å². The maximum atomic E-state index is 13.0. The van der Waals surface area contributed by atoms with Crippen molar-refractivity contribution in [3.8, 4) is 17.3 Å². The fraction of sp³-hybridized carbons (Fsp3) is 0.367. The molecule has 3 aromatic heterocycles. The van der Waals surface area contributed by atoms with E-state index >= 15 is 0 Å². The fourth-order valence-corrected chi connectivity index (χ4v) is 6.82. The summed E-state index contributed by atoms with van der Waals surface area (Å²) in [5.74, 6) is 0.331. The van der Waals surface area contributed by atoms with E-state index in [1.165, 1.54) is 12.1 Å². The molecule has 1 saturated carbocycles. The van der Waals surface area contributed by atoms with E-state index in [9.17, 15) is 13.7 Å². The largest absolute Gasteiger partial charge is 0.351 e. The lowest BCUT2D eigenvalue weighted by molar-refractivity contribution is 0.221. The summed E-state index contributed by atoms with van der Waals surface area (Å²) in [6.07, 6.45) is 6.26. The third kappa shape index (κ3) is 5.81. The second kappa shape index (κ2) is 11.3. The summed E-state index contributed by atoms with van der Waals surface area (Å²) in [7, 11) is 0.552.